The Bertz CT molecular complexity index is 852. The SMILES string of the molecule is CCn1cnnc1CN1C[C@H]2C[C@@H](C1)[C@H](Cc1cccc(OC)c1)N1CCCC[C@@H]21. The number of fused-ring (bicyclic) bond motifs is 4. The Morgan fingerprint density at radius 2 is 2.07 bits per heavy atom. The lowest BCUT2D eigenvalue weighted by molar-refractivity contribution is -0.0735. The predicted molar refractivity (Wildman–Crippen MR) is 117 cm³/mol. The lowest BCUT2D eigenvalue weighted by Gasteiger charge is -2.57. The van der Waals surface area contributed by atoms with Crippen LogP contribution in [0.15, 0.2) is 30.6 Å². The van der Waals surface area contributed by atoms with Crippen LogP contribution in [0.4, 0.5) is 0 Å². The molecule has 0 unspecified atom stereocenters. The third-order valence-corrected chi connectivity index (χ3v) is 7.68. The first-order valence-electron chi connectivity index (χ1n) is 11.7. The number of benzene rings is 1. The number of hydrogen-bond acceptors (Lipinski definition) is 5. The first kappa shape index (κ1) is 20.0. The lowest BCUT2D eigenvalue weighted by Crippen LogP contribution is -2.63. The van der Waals surface area contributed by atoms with Gasteiger partial charge in [-0.1, -0.05) is 18.6 Å². The summed E-state index contributed by atoms with van der Waals surface area (Å²) >= 11 is 0. The number of rotatable bonds is 6. The molecule has 0 saturated carbocycles. The minimum Gasteiger partial charge on any atom is -0.497 e. The van der Waals surface area contributed by atoms with Crippen LogP contribution in [0.1, 0.15) is 44.0 Å². The molecular formula is C24H35N5O. The smallest absolute Gasteiger partial charge is 0.146 e. The molecule has 1 aromatic heterocycles. The molecule has 5 rings (SSSR count). The van der Waals surface area contributed by atoms with Crippen LogP contribution in [0, 0.1) is 11.8 Å². The largest absolute Gasteiger partial charge is 0.497 e. The van der Waals surface area contributed by atoms with E-state index in [4.69, 9.17) is 4.74 Å². The van der Waals surface area contributed by atoms with Crippen molar-refractivity contribution in [3.8, 4) is 5.75 Å². The van der Waals surface area contributed by atoms with E-state index in [9.17, 15) is 0 Å². The summed E-state index contributed by atoms with van der Waals surface area (Å²) in [6.45, 7) is 7.70. The van der Waals surface area contributed by atoms with Crippen LogP contribution < -0.4 is 4.74 Å². The molecule has 0 N–H and O–H groups in total. The third kappa shape index (κ3) is 3.87. The van der Waals surface area contributed by atoms with Crippen molar-refractivity contribution < 1.29 is 4.74 Å². The molecule has 6 nitrogen and oxygen atoms in total. The minimum absolute atomic E-state index is 0.630. The summed E-state index contributed by atoms with van der Waals surface area (Å²) in [5.41, 5.74) is 1.41. The zero-order valence-electron chi connectivity index (χ0n) is 18.4. The van der Waals surface area contributed by atoms with Crippen molar-refractivity contribution in [1.82, 2.24) is 24.6 Å². The number of hydrogen-bond donors (Lipinski definition) is 0. The number of aryl methyl sites for hydroxylation is 1. The van der Waals surface area contributed by atoms with Gasteiger partial charge in [0.1, 0.15) is 17.9 Å². The monoisotopic (exact) mass is 409 g/mol. The quantitative estimate of drug-likeness (QED) is 0.733. The van der Waals surface area contributed by atoms with Gasteiger partial charge in [0.15, 0.2) is 0 Å². The third-order valence-electron chi connectivity index (χ3n) is 7.68. The fourth-order valence-corrected chi connectivity index (χ4v) is 6.32. The van der Waals surface area contributed by atoms with Crippen molar-refractivity contribution in [2.45, 2.75) is 64.2 Å². The van der Waals surface area contributed by atoms with Crippen molar-refractivity contribution in [2.24, 2.45) is 11.8 Å². The van der Waals surface area contributed by atoms with E-state index in [1.807, 2.05) is 6.33 Å². The van der Waals surface area contributed by atoms with Crippen molar-refractivity contribution in [3.05, 3.63) is 42.0 Å². The second-order valence-corrected chi connectivity index (χ2v) is 9.41. The highest BCUT2D eigenvalue weighted by Crippen LogP contribution is 2.42. The zero-order valence-corrected chi connectivity index (χ0v) is 18.4. The minimum atomic E-state index is 0.630. The van der Waals surface area contributed by atoms with Gasteiger partial charge in [-0.15, -0.1) is 10.2 Å². The van der Waals surface area contributed by atoms with Gasteiger partial charge < -0.3 is 9.30 Å². The Morgan fingerprint density at radius 3 is 2.93 bits per heavy atom. The average molecular weight is 410 g/mol. The molecule has 0 radical (unpaired) electrons. The summed E-state index contributed by atoms with van der Waals surface area (Å²) in [6, 6.07) is 10.1. The summed E-state index contributed by atoms with van der Waals surface area (Å²) < 4.78 is 7.68. The van der Waals surface area contributed by atoms with E-state index < -0.39 is 0 Å². The van der Waals surface area contributed by atoms with Gasteiger partial charge in [0.25, 0.3) is 0 Å². The molecule has 162 valence electrons. The highest BCUT2D eigenvalue weighted by atomic mass is 16.5. The number of likely N-dealkylation sites (tertiary alicyclic amines) is 1. The van der Waals surface area contributed by atoms with Crippen molar-refractivity contribution in [3.63, 3.8) is 0 Å². The Hall–Kier alpha value is -1.92. The first-order chi connectivity index (χ1) is 14.7. The highest BCUT2D eigenvalue weighted by molar-refractivity contribution is 5.29. The number of piperidine rings is 3. The molecule has 1 aromatic carbocycles. The maximum Gasteiger partial charge on any atom is 0.146 e. The molecule has 3 aliphatic rings. The number of ether oxygens (including phenoxy) is 1. The van der Waals surface area contributed by atoms with Crippen molar-refractivity contribution in [2.75, 3.05) is 26.7 Å². The molecule has 2 aromatic rings. The molecule has 2 bridgehead atoms. The zero-order chi connectivity index (χ0) is 20.5. The number of aromatic nitrogens is 3. The van der Waals surface area contributed by atoms with E-state index in [0.29, 0.717) is 6.04 Å². The molecular weight excluding hydrogens is 374 g/mol. The van der Waals surface area contributed by atoms with Crippen LogP contribution in [-0.2, 0) is 19.5 Å². The van der Waals surface area contributed by atoms with E-state index in [-0.39, 0.29) is 0 Å². The van der Waals surface area contributed by atoms with Gasteiger partial charge in [-0.2, -0.15) is 0 Å². The summed E-state index contributed by atoms with van der Waals surface area (Å²) in [5, 5.41) is 8.56. The van der Waals surface area contributed by atoms with Gasteiger partial charge in [0.05, 0.1) is 13.7 Å². The lowest BCUT2D eigenvalue weighted by atomic mass is 9.71. The van der Waals surface area contributed by atoms with Crippen LogP contribution >= 0.6 is 0 Å². The van der Waals surface area contributed by atoms with Crippen molar-refractivity contribution in [1.29, 1.82) is 0 Å². The maximum atomic E-state index is 5.49. The van der Waals surface area contributed by atoms with Crippen molar-refractivity contribution >= 4 is 0 Å². The molecule has 3 aliphatic heterocycles. The molecule has 6 heteroatoms. The molecule has 0 aliphatic carbocycles. The summed E-state index contributed by atoms with van der Waals surface area (Å²) in [7, 11) is 1.76. The topological polar surface area (TPSA) is 46.4 Å². The second-order valence-electron chi connectivity index (χ2n) is 9.41. The summed E-state index contributed by atoms with van der Waals surface area (Å²) in [6.07, 6.45) is 8.49. The van der Waals surface area contributed by atoms with Gasteiger partial charge >= 0.3 is 0 Å². The Morgan fingerprint density at radius 1 is 1.17 bits per heavy atom. The Kier molecular flexibility index (Phi) is 5.79. The summed E-state index contributed by atoms with van der Waals surface area (Å²) in [5.74, 6) is 3.61. The van der Waals surface area contributed by atoms with Gasteiger partial charge in [0, 0.05) is 31.7 Å². The molecule has 30 heavy (non-hydrogen) atoms. The number of methoxy groups -OCH3 is 1. The van der Waals surface area contributed by atoms with Crippen LogP contribution in [-0.4, -0.2) is 63.4 Å². The summed E-state index contributed by atoms with van der Waals surface area (Å²) in [4.78, 5) is 5.56. The Labute approximate surface area is 180 Å². The molecule has 4 atom stereocenters. The van der Waals surface area contributed by atoms with Crippen LogP contribution in [0.3, 0.4) is 0 Å². The molecule has 4 heterocycles. The van der Waals surface area contributed by atoms with Gasteiger partial charge in [-0.25, -0.2) is 0 Å². The van der Waals surface area contributed by atoms with Crippen LogP contribution in [0.2, 0.25) is 0 Å². The Balaban J connectivity index is 1.37. The van der Waals surface area contributed by atoms with Crippen LogP contribution in [0.5, 0.6) is 5.75 Å². The van der Waals surface area contributed by atoms with Crippen LogP contribution in [0.25, 0.3) is 0 Å². The van der Waals surface area contributed by atoms with E-state index >= 15 is 0 Å². The molecule has 3 saturated heterocycles. The predicted octanol–water partition coefficient (Wildman–Crippen LogP) is 3.22. The van der Waals surface area contributed by atoms with E-state index in [1.165, 1.54) is 50.9 Å². The highest BCUT2D eigenvalue weighted by Gasteiger charge is 2.47. The second kappa shape index (κ2) is 8.67. The standard InChI is InChI=1S/C24H35N5O/c1-3-28-17-25-26-24(28)16-27-14-19-13-20(15-27)23(29-10-5-4-9-22(19)29)12-18-7-6-8-21(11-18)30-2/h6-8,11,17,19-20,22-23H,3-5,9-10,12-16H2,1-2H3/t19-,20+,22+,23+/m1/s1. The fourth-order valence-electron chi connectivity index (χ4n) is 6.32. The normalized spacial score (nSPS) is 29.5. The first-order valence-corrected chi connectivity index (χ1v) is 11.7. The van der Waals surface area contributed by atoms with Gasteiger partial charge in [-0.3, -0.25) is 9.80 Å². The maximum absolute atomic E-state index is 5.49. The molecule has 3 fully saturated rings. The van der Waals surface area contributed by atoms with E-state index in [0.717, 1.165) is 49.0 Å². The molecule has 0 amide bonds. The van der Waals surface area contributed by atoms with E-state index in [2.05, 4.69) is 55.8 Å². The fraction of sp³-hybridized carbons (Fsp3) is 0.667. The van der Waals surface area contributed by atoms with Gasteiger partial charge in [-0.05, 0) is 68.7 Å². The molecule has 0 spiro atoms. The average Bonchev–Trinajstić information content (AvgIpc) is 3.24. The van der Waals surface area contributed by atoms with E-state index in [1.54, 1.807) is 7.11 Å². The van der Waals surface area contributed by atoms with Gasteiger partial charge in [0.2, 0.25) is 0 Å². The number of nitrogens with zero attached hydrogens (tertiary/aromatic N) is 5.